The van der Waals surface area contributed by atoms with E-state index in [0.29, 0.717) is 19.6 Å². The van der Waals surface area contributed by atoms with Gasteiger partial charge in [-0.1, -0.05) is 48.9 Å². The zero-order valence-electron chi connectivity index (χ0n) is 17.7. The fourth-order valence-corrected chi connectivity index (χ4v) is 5.32. The van der Waals surface area contributed by atoms with Crippen LogP contribution in [0.4, 0.5) is 5.69 Å². The van der Waals surface area contributed by atoms with Crippen LogP contribution in [0.2, 0.25) is 0 Å². The number of carbonyl (C=O) groups excluding carboxylic acids is 3. The molecular formula is C23H27BrN2O4. The van der Waals surface area contributed by atoms with Crippen LogP contribution < -0.4 is 4.90 Å². The Morgan fingerprint density at radius 1 is 1.17 bits per heavy atom. The highest BCUT2D eigenvalue weighted by Gasteiger charge is 2.64. The number of rotatable bonds is 5. The van der Waals surface area contributed by atoms with Gasteiger partial charge in [0.25, 0.3) is 0 Å². The predicted octanol–water partition coefficient (Wildman–Crippen LogP) is 3.29. The molecule has 0 unspecified atom stereocenters. The second-order valence-electron chi connectivity index (χ2n) is 9.25. The summed E-state index contributed by atoms with van der Waals surface area (Å²) in [5.74, 6) is -1.61. The number of fused-ring (bicyclic) bond motifs is 5. The molecule has 0 aromatic heterocycles. The van der Waals surface area contributed by atoms with E-state index in [1.807, 2.05) is 56.0 Å². The van der Waals surface area contributed by atoms with Gasteiger partial charge in [-0.25, -0.2) is 0 Å². The third kappa shape index (κ3) is 3.23. The lowest BCUT2D eigenvalue weighted by Crippen LogP contribution is -2.51. The number of anilines is 1. The number of ketones is 1. The third-order valence-electron chi connectivity index (χ3n) is 6.30. The largest absolute Gasteiger partial charge is 0.385 e. The summed E-state index contributed by atoms with van der Waals surface area (Å²) in [6.07, 6.45) is 4.56. The predicted molar refractivity (Wildman–Crippen MR) is 118 cm³/mol. The minimum atomic E-state index is -0.659. The summed E-state index contributed by atoms with van der Waals surface area (Å²) in [5.41, 5.74) is 1.24. The van der Waals surface area contributed by atoms with Crippen LogP contribution in [0.3, 0.4) is 0 Å². The Balaban J connectivity index is 1.78. The number of halogens is 1. The lowest BCUT2D eigenvalue weighted by atomic mass is 9.79. The minimum Gasteiger partial charge on any atom is -0.385 e. The average Bonchev–Trinajstić information content (AvgIpc) is 3.15. The zero-order chi connectivity index (χ0) is 21.8. The molecule has 6 nitrogen and oxygen atoms in total. The molecule has 0 radical (unpaired) electrons. The van der Waals surface area contributed by atoms with Crippen LogP contribution in [0.25, 0.3) is 6.08 Å². The maximum atomic E-state index is 13.6. The molecule has 3 aliphatic rings. The molecule has 30 heavy (non-hydrogen) atoms. The van der Waals surface area contributed by atoms with E-state index in [0.717, 1.165) is 15.7 Å². The normalized spacial score (nSPS) is 27.4. The van der Waals surface area contributed by atoms with E-state index >= 15 is 0 Å². The van der Waals surface area contributed by atoms with Gasteiger partial charge < -0.3 is 9.64 Å². The summed E-state index contributed by atoms with van der Waals surface area (Å²) in [5, 5.41) is 0. The number of hydrogen-bond donors (Lipinski definition) is 0. The molecule has 1 aromatic carbocycles. The van der Waals surface area contributed by atoms with Gasteiger partial charge in [0.1, 0.15) is 6.04 Å². The molecule has 2 amide bonds. The number of benzene rings is 1. The fraction of sp³-hybridized carbons (Fsp3) is 0.522. The fourth-order valence-electron chi connectivity index (χ4n) is 4.94. The Morgan fingerprint density at radius 2 is 1.87 bits per heavy atom. The topological polar surface area (TPSA) is 66.9 Å². The first-order valence-corrected chi connectivity index (χ1v) is 11.1. The Labute approximate surface area is 185 Å². The maximum absolute atomic E-state index is 13.6. The van der Waals surface area contributed by atoms with Gasteiger partial charge in [-0.2, -0.15) is 0 Å². The number of nitrogens with zero attached hydrogens (tertiary/aromatic N) is 2. The van der Waals surface area contributed by atoms with Crippen molar-refractivity contribution < 1.29 is 19.1 Å². The molecule has 3 aliphatic heterocycles. The summed E-state index contributed by atoms with van der Waals surface area (Å²) in [6.45, 7) is 6.43. The van der Waals surface area contributed by atoms with E-state index in [-0.39, 0.29) is 23.6 Å². The van der Waals surface area contributed by atoms with E-state index < -0.39 is 23.3 Å². The number of Topliss-reactive ketones (excluding diaryl/α,β-unsaturated/α-hetero) is 1. The number of carbonyl (C=O) groups is 3. The SMILES string of the molecule is COCCCN1C(=O)[C@H]2[C@H](C1=O)[C@@H](C(=O)C(C)(C)C)N1c3ccc(Br)cc3C=C[C@H]21. The van der Waals surface area contributed by atoms with Crippen molar-refractivity contribution >= 4 is 45.3 Å². The van der Waals surface area contributed by atoms with Crippen molar-refractivity contribution in [2.75, 3.05) is 25.2 Å². The Kier molecular flexibility index (Phi) is 5.39. The molecule has 1 aromatic rings. The molecule has 7 heteroatoms. The molecule has 4 atom stereocenters. The molecule has 2 fully saturated rings. The van der Waals surface area contributed by atoms with Gasteiger partial charge in [0.15, 0.2) is 5.78 Å². The highest BCUT2D eigenvalue weighted by molar-refractivity contribution is 9.10. The van der Waals surface area contributed by atoms with Gasteiger partial charge in [0.2, 0.25) is 11.8 Å². The first-order valence-electron chi connectivity index (χ1n) is 10.3. The smallest absolute Gasteiger partial charge is 0.235 e. The van der Waals surface area contributed by atoms with E-state index in [2.05, 4.69) is 15.9 Å². The first-order chi connectivity index (χ1) is 14.2. The lowest BCUT2D eigenvalue weighted by molar-refractivity contribution is -0.142. The van der Waals surface area contributed by atoms with Gasteiger partial charge in [0, 0.05) is 35.8 Å². The lowest BCUT2D eigenvalue weighted by Gasteiger charge is -2.38. The molecule has 0 spiro atoms. The van der Waals surface area contributed by atoms with Crippen LogP contribution >= 0.6 is 15.9 Å². The standard InChI is InChI=1S/C23H27BrN2O4/c1-23(2,3)20(27)19-18-17(21(28)25(22(18)29)10-5-11-30-4)16-8-6-13-12-14(24)7-9-15(13)26(16)19/h6-9,12,16-19H,5,10-11H2,1-4H3/t16-,17-,18+,19+/m1/s1. The van der Waals surface area contributed by atoms with Crippen LogP contribution in [0.1, 0.15) is 32.8 Å². The molecule has 2 saturated heterocycles. The highest BCUT2D eigenvalue weighted by atomic mass is 79.9. The first kappa shape index (κ1) is 21.2. The van der Waals surface area contributed by atoms with Crippen molar-refractivity contribution in [3.8, 4) is 0 Å². The monoisotopic (exact) mass is 474 g/mol. The van der Waals surface area contributed by atoms with Crippen LogP contribution in [-0.2, 0) is 19.1 Å². The molecular weight excluding hydrogens is 448 g/mol. The van der Waals surface area contributed by atoms with Crippen molar-refractivity contribution in [3.63, 3.8) is 0 Å². The number of methoxy groups -OCH3 is 1. The van der Waals surface area contributed by atoms with Gasteiger partial charge >= 0.3 is 0 Å². The molecule has 0 saturated carbocycles. The molecule has 0 N–H and O–H groups in total. The van der Waals surface area contributed by atoms with Gasteiger partial charge in [-0.05, 0) is 30.2 Å². The molecule has 160 valence electrons. The second kappa shape index (κ2) is 7.61. The van der Waals surface area contributed by atoms with Crippen molar-refractivity contribution in [3.05, 3.63) is 34.3 Å². The number of imide groups is 1. The maximum Gasteiger partial charge on any atom is 0.235 e. The van der Waals surface area contributed by atoms with Crippen LogP contribution in [0.15, 0.2) is 28.7 Å². The minimum absolute atomic E-state index is 0.0101. The molecule has 4 rings (SSSR count). The number of likely N-dealkylation sites (tertiary alicyclic amines) is 1. The Bertz CT molecular complexity index is 936. The Hall–Kier alpha value is -1.99. The van der Waals surface area contributed by atoms with E-state index in [1.165, 1.54) is 4.90 Å². The number of hydrogen-bond acceptors (Lipinski definition) is 5. The van der Waals surface area contributed by atoms with Crippen molar-refractivity contribution in [1.29, 1.82) is 0 Å². The second-order valence-corrected chi connectivity index (χ2v) is 10.2. The molecule has 0 aliphatic carbocycles. The highest BCUT2D eigenvalue weighted by Crippen LogP contribution is 2.50. The summed E-state index contributed by atoms with van der Waals surface area (Å²) in [4.78, 5) is 43.7. The third-order valence-corrected chi connectivity index (χ3v) is 6.79. The van der Waals surface area contributed by atoms with E-state index in [9.17, 15) is 14.4 Å². The van der Waals surface area contributed by atoms with E-state index in [1.54, 1.807) is 7.11 Å². The molecule has 0 bridgehead atoms. The summed E-state index contributed by atoms with van der Waals surface area (Å²) < 4.78 is 6.02. The zero-order valence-corrected chi connectivity index (χ0v) is 19.3. The average molecular weight is 475 g/mol. The van der Waals surface area contributed by atoms with Gasteiger partial charge in [-0.3, -0.25) is 19.3 Å². The van der Waals surface area contributed by atoms with Crippen LogP contribution in [-0.4, -0.2) is 54.8 Å². The van der Waals surface area contributed by atoms with Gasteiger partial charge in [0.05, 0.1) is 17.9 Å². The van der Waals surface area contributed by atoms with Crippen molar-refractivity contribution in [2.24, 2.45) is 17.3 Å². The number of amides is 2. The summed E-state index contributed by atoms with van der Waals surface area (Å²) in [7, 11) is 1.60. The molecule has 3 heterocycles. The van der Waals surface area contributed by atoms with Crippen molar-refractivity contribution in [2.45, 2.75) is 39.3 Å². The van der Waals surface area contributed by atoms with Gasteiger partial charge in [-0.15, -0.1) is 0 Å². The summed E-state index contributed by atoms with van der Waals surface area (Å²) in [6, 6.07) is 4.93. The quantitative estimate of drug-likeness (QED) is 0.483. The summed E-state index contributed by atoms with van der Waals surface area (Å²) >= 11 is 3.50. The van der Waals surface area contributed by atoms with E-state index in [4.69, 9.17) is 4.74 Å². The van der Waals surface area contributed by atoms with Crippen LogP contribution in [0.5, 0.6) is 0 Å². The Morgan fingerprint density at radius 3 is 2.53 bits per heavy atom. The van der Waals surface area contributed by atoms with Crippen molar-refractivity contribution in [1.82, 2.24) is 4.90 Å². The van der Waals surface area contributed by atoms with Crippen LogP contribution in [0, 0.1) is 17.3 Å². The number of ether oxygens (including phenoxy) is 1.